The van der Waals surface area contributed by atoms with Gasteiger partial charge in [-0.2, -0.15) is 0 Å². The van der Waals surface area contributed by atoms with Crippen molar-refractivity contribution < 1.29 is 14.0 Å². The third-order valence-corrected chi connectivity index (χ3v) is 4.70. The van der Waals surface area contributed by atoms with Crippen molar-refractivity contribution in [3.63, 3.8) is 0 Å². The molecule has 0 atom stereocenters. The summed E-state index contributed by atoms with van der Waals surface area (Å²) in [6.07, 6.45) is 2.12. The van der Waals surface area contributed by atoms with Crippen LogP contribution < -0.4 is 20.1 Å². The topological polar surface area (TPSA) is 80.9 Å². The van der Waals surface area contributed by atoms with Gasteiger partial charge >= 0.3 is 0 Å². The van der Waals surface area contributed by atoms with Crippen LogP contribution in [0, 0.1) is 0 Å². The molecule has 0 spiro atoms. The van der Waals surface area contributed by atoms with Crippen molar-refractivity contribution in [2.45, 2.75) is 59.5 Å². The van der Waals surface area contributed by atoms with Gasteiger partial charge in [-0.3, -0.25) is 0 Å². The molecule has 0 amide bonds. The van der Waals surface area contributed by atoms with E-state index in [1.54, 1.807) is 7.11 Å². The van der Waals surface area contributed by atoms with Gasteiger partial charge in [0.25, 0.3) is 0 Å². The molecule has 2 N–H and O–H groups in total. The maximum absolute atomic E-state index is 5.57. The minimum absolute atomic E-state index is 0. The van der Waals surface area contributed by atoms with Crippen LogP contribution in [-0.2, 0) is 13.1 Å². The zero-order valence-electron chi connectivity index (χ0n) is 18.7. The molecule has 2 rings (SSSR count). The van der Waals surface area contributed by atoms with Gasteiger partial charge in [0.15, 0.2) is 23.2 Å². The Bertz CT molecular complexity index is 775. The van der Waals surface area contributed by atoms with Crippen LogP contribution in [0.2, 0.25) is 0 Å². The number of hydrogen-bond donors (Lipinski definition) is 2. The maximum Gasteiger partial charge on any atom is 0.191 e. The summed E-state index contributed by atoms with van der Waals surface area (Å²) >= 11 is 0. The minimum atomic E-state index is 0. The van der Waals surface area contributed by atoms with E-state index >= 15 is 0 Å². The number of aromatic nitrogens is 1. The fourth-order valence-corrected chi connectivity index (χ4v) is 3.08. The van der Waals surface area contributed by atoms with Gasteiger partial charge in [-0.25, -0.2) is 4.99 Å². The van der Waals surface area contributed by atoms with Gasteiger partial charge in [0.05, 0.1) is 32.5 Å². The van der Waals surface area contributed by atoms with Gasteiger partial charge in [-0.05, 0) is 44.4 Å². The number of benzene rings is 1. The first-order chi connectivity index (χ1) is 14.1. The highest BCUT2D eigenvalue weighted by Crippen LogP contribution is 2.28. The molecule has 1 aromatic carbocycles. The Morgan fingerprint density at radius 1 is 1.10 bits per heavy atom. The van der Waals surface area contributed by atoms with E-state index in [1.807, 2.05) is 38.1 Å². The lowest BCUT2D eigenvalue weighted by molar-refractivity contribution is 0.310. The largest absolute Gasteiger partial charge is 0.493 e. The second kappa shape index (κ2) is 14.1. The molecule has 8 heteroatoms. The lowest BCUT2D eigenvalue weighted by Gasteiger charge is -2.12. The van der Waals surface area contributed by atoms with Gasteiger partial charge in [0.2, 0.25) is 0 Å². The van der Waals surface area contributed by atoms with E-state index in [1.165, 1.54) is 0 Å². The fraction of sp³-hybridized carbons (Fsp3) is 0.545. The van der Waals surface area contributed by atoms with E-state index in [2.05, 4.69) is 34.6 Å². The third-order valence-electron chi connectivity index (χ3n) is 4.70. The second-order valence-electron chi connectivity index (χ2n) is 6.70. The Labute approximate surface area is 197 Å². The molecule has 0 aliphatic carbocycles. The number of nitrogens with zero attached hydrogens (tertiary/aromatic N) is 2. The molecule has 0 aliphatic rings. The summed E-state index contributed by atoms with van der Waals surface area (Å²) in [4.78, 5) is 4.66. The van der Waals surface area contributed by atoms with Crippen LogP contribution in [0.3, 0.4) is 0 Å². The molecule has 1 heterocycles. The predicted molar refractivity (Wildman–Crippen MR) is 131 cm³/mol. The Morgan fingerprint density at radius 2 is 1.87 bits per heavy atom. The Balaban J connectivity index is 0.00000450. The highest BCUT2D eigenvalue weighted by atomic mass is 127. The summed E-state index contributed by atoms with van der Waals surface area (Å²) in [6, 6.07) is 7.91. The van der Waals surface area contributed by atoms with Gasteiger partial charge < -0.3 is 24.6 Å². The molecular weight excluding hydrogens is 495 g/mol. The van der Waals surface area contributed by atoms with Crippen LogP contribution in [0.1, 0.15) is 63.5 Å². The number of rotatable bonds is 11. The molecule has 0 fully saturated rings. The van der Waals surface area contributed by atoms with Gasteiger partial charge in [-0.15, -0.1) is 24.0 Å². The van der Waals surface area contributed by atoms with Crippen molar-refractivity contribution in [1.82, 2.24) is 15.8 Å². The molecule has 0 radical (unpaired) electrons. The first-order valence-corrected chi connectivity index (χ1v) is 10.4. The van der Waals surface area contributed by atoms with Crippen molar-refractivity contribution in [1.29, 1.82) is 0 Å². The van der Waals surface area contributed by atoms with Crippen molar-refractivity contribution in [2.75, 3.05) is 20.3 Å². The van der Waals surface area contributed by atoms with Crippen LogP contribution in [0.4, 0.5) is 0 Å². The Kier molecular flexibility index (Phi) is 12.3. The molecule has 1 aromatic heterocycles. The van der Waals surface area contributed by atoms with Gasteiger partial charge in [-0.1, -0.05) is 25.1 Å². The van der Waals surface area contributed by atoms with Gasteiger partial charge in [0.1, 0.15) is 0 Å². The van der Waals surface area contributed by atoms with Crippen molar-refractivity contribution >= 4 is 29.9 Å². The lowest BCUT2D eigenvalue weighted by atomic mass is 9.99. The first kappa shape index (κ1) is 26.1. The second-order valence-corrected chi connectivity index (χ2v) is 6.70. The maximum atomic E-state index is 5.57. The summed E-state index contributed by atoms with van der Waals surface area (Å²) in [6.45, 7) is 10.8. The molecule has 30 heavy (non-hydrogen) atoms. The number of guanidine groups is 1. The van der Waals surface area contributed by atoms with E-state index < -0.39 is 0 Å². The number of methoxy groups -OCH3 is 1. The first-order valence-electron chi connectivity index (χ1n) is 10.4. The van der Waals surface area contributed by atoms with Gasteiger partial charge in [0, 0.05) is 18.5 Å². The lowest BCUT2D eigenvalue weighted by Crippen LogP contribution is -2.36. The highest BCUT2D eigenvalue weighted by Gasteiger charge is 2.13. The molecule has 0 unspecified atom stereocenters. The van der Waals surface area contributed by atoms with E-state index in [4.69, 9.17) is 14.0 Å². The molecule has 168 valence electrons. The molecular formula is C22H35IN4O3. The number of aliphatic imine (C=N–C) groups is 1. The normalized spacial score (nSPS) is 11.2. The predicted octanol–water partition coefficient (Wildman–Crippen LogP) is 4.86. The van der Waals surface area contributed by atoms with Crippen molar-refractivity contribution in [3.8, 4) is 11.5 Å². The van der Waals surface area contributed by atoms with E-state index in [0.717, 1.165) is 48.1 Å². The Morgan fingerprint density at radius 3 is 2.50 bits per heavy atom. The fourth-order valence-electron chi connectivity index (χ4n) is 3.08. The molecule has 0 saturated carbocycles. The summed E-state index contributed by atoms with van der Waals surface area (Å²) in [7, 11) is 1.64. The van der Waals surface area contributed by atoms with Crippen LogP contribution in [0.25, 0.3) is 0 Å². The van der Waals surface area contributed by atoms with Crippen LogP contribution in [-0.4, -0.2) is 31.4 Å². The van der Waals surface area contributed by atoms with Crippen LogP contribution in [0.5, 0.6) is 11.5 Å². The minimum Gasteiger partial charge on any atom is -0.493 e. The number of nitrogens with one attached hydrogen (secondary N) is 2. The quantitative estimate of drug-likeness (QED) is 0.246. The summed E-state index contributed by atoms with van der Waals surface area (Å²) in [5, 5.41) is 10.8. The SMILES string of the molecule is CCNC(=NCc1ccc(OCC)c(OC)c1)NCc1cc(C(CC)CC)no1.I. The third kappa shape index (κ3) is 7.70. The highest BCUT2D eigenvalue weighted by molar-refractivity contribution is 14.0. The number of hydrogen-bond acceptors (Lipinski definition) is 5. The zero-order valence-corrected chi connectivity index (χ0v) is 21.0. The molecule has 7 nitrogen and oxygen atoms in total. The summed E-state index contributed by atoms with van der Waals surface area (Å²) < 4.78 is 16.5. The summed E-state index contributed by atoms with van der Waals surface area (Å²) in [5.41, 5.74) is 2.06. The number of ether oxygens (including phenoxy) is 2. The molecule has 0 bridgehead atoms. The molecule has 0 aliphatic heterocycles. The van der Waals surface area contributed by atoms with Crippen LogP contribution >= 0.6 is 24.0 Å². The molecule has 0 saturated heterocycles. The monoisotopic (exact) mass is 530 g/mol. The van der Waals surface area contributed by atoms with E-state index in [-0.39, 0.29) is 24.0 Å². The van der Waals surface area contributed by atoms with Crippen LogP contribution in [0.15, 0.2) is 33.8 Å². The average molecular weight is 530 g/mol. The standard InChI is InChI=1S/C22H34N4O3.HI/c1-6-17(7-2)19-13-18(29-26-19)15-25-22(23-8-3)24-14-16-10-11-20(28-9-4)21(12-16)27-5;/h10-13,17H,6-9,14-15H2,1-5H3,(H2,23,24,25);1H. The number of halogens is 1. The van der Waals surface area contributed by atoms with E-state index in [9.17, 15) is 0 Å². The smallest absolute Gasteiger partial charge is 0.191 e. The molecule has 2 aromatic rings. The Hall–Kier alpha value is -1.97. The van der Waals surface area contributed by atoms with Crippen molar-refractivity contribution in [2.24, 2.45) is 4.99 Å². The van der Waals surface area contributed by atoms with Crippen molar-refractivity contribution in [3.05, 3.63) is 41.3 Å². The average Bonchev–Trinajstić information content (AvgIpc) is 3.20. The zero-order chi connectivity index (χ0) is 21.1. The van der Waals surface area contributed by atoms with E-state index in [0.29, 0.717) is 31.4 Å². The summed E-state index contributed by atoms with van der Waals surface area (Å²) in [5.74, 6) is 3.43.